The van der Waals surface area contributed by atoms with Gasteiger partial charge in [-0.25, -0.2) is 4.98 Å². The molecule has 2 heterocycles. The van der Waals surface area contributed by atoms with Crippen molar-refractivity contribution < 1.29 is 0 Å². The smallest absolute Gasteiger partial charge is 0.195 e. The fourth-order valence-corrected chi connectivity index (χ4v) is 2.08. The van der Waals surface area contributed by atoms with E-state index >= 15 is 0 Å². The van der Waals surface area contributed by atoms with Gasteiger partial charge in [0.25, 0.3) is 0 Å². The Morgan fingerprint density at radius 1 is 1.38 bits per heavy atom. The molecule has 2 aromatic rings. The normalized spacial score (nSPS) is 14.9. The van der Waals surface area contributed by atoms with Crippen LogP contribution in [0.3, 0.4) is 0 Å². The van der Waals surface area contributed by atoms with Crippen LogP contribution < -0.4 is 10.6 Å². The number of rotatable bonds is 1. The SMILES string of the molecule is Brc1nc2ccc(NC3=NCCN3)cc2[nH]1. The van der Waals surface area contributed by atoms with Gasteiger partial charge >= 0.3 is 0 Å². The fraction of sp³-hybridized carbons (Fsp3) is 0.200. The summed E-state index contributed by atoms with van der Waals surface area (Å²) in [5, 5.41) is 6.38. The largest absolute Gasteiger partial charge is 0.354 e. The third-order valence-electron chi connectivity index (χ3n) is 2.39. The van der Waals surface area contributed by atoms with Gasteiger partial charge in [-0.05, 0) is 34.1 Å². The Balaban J connectivity index is 1.92. The van der Waals surface area contributed by atoms with Crippen molar-refractivity contribution in [1.82, 2.24) is 15.3 Å². The summed E-state index contributed by atoms with van der Waals surface area (Å²) >= 11 is 3.31. The molecule has 0 saturated heterocycles. The third kappa shape index (κ3) is 1.76. The summed E-state index contributed by atoms with van der Waals surface area (Å²) < 4.78 is 0.746. The lowest BCUT2D eigenvalue weighted by Gasteiger charge is -2.05. The van der Waals surface area contributed by atoms with Crippen LogP contribution in [-0.2, 0) is 0 Å². The quantitative estimate of drug-likeness (QED) is 0.745. The lowest BCUT2D eigenvalue weighted by Crippen LogP contribution is -2.26. The molecule has 3 N–H and O–H groups in total. The Kier molecular flexibility index (Phi) is 2.28. The number of fused-ring (bicyclic) bond motifs is 1. The molecule has 1 aliphatic rings. The highest BCUT2D eigenvalue weighted by Crippen LogP contribution is 2.19. The van der Waals surface area contributed by atoms with Crippen LogP contribution in [0.4, 0.5) is 5.69 Å². The molecule has 3 rings (SSSR count). The van der Waals surface area contributed by atoms with E-state index < -0.39 is 0 Å². The van der Waals surface area contributed by atoms with Gasteiger partial charge in [0.2, 0.25) is 0 Å². The maximum atomic E-state index is 4.28. The minimum Gasteiger partial charge on any atom is -0.354 e. The summed E-state index contributed by atoms with van der Waals surface area (Å²) in [6.45, 7) is 1.74. The number of nitrogens with zero attached hydrogens (tertiary/aromatic N) is 2. The molecular formula is C10H10BrN5. The second kappa shape index (κ2) is 3.79. The van der Waals surface area contributed by atoms with E-state index in [1.54, 1.807) is 0 Å². The molecular weight excluding hydrogens is 270 g/mol. The Bertz CT molecular complexity index is 559. The maximum absolute atomic E-state index is 4.28. The van der Waals surface area contributed by atoms with E-state index in [4.69, 9.17) is 0 Å². The first kappa shape index (κ1) is 9.65. The molecule has 0 spiro atoms. The number of guanidine groups is 1. The molecule has 1 aromatic heterocycles. The summed E-state index contributed by atoms with van der Waals surface area (Å²) in [6, 6.07) is 5.96. The van der Waals surface area contributed by atoms with Crippen LogP contribution in [0.1, 0.15) is 0 Å². The van der Waals surface area contributed by atoms with Gasteiger partial charge in [-0.3, -0.25) is 4.99 Å². The average molecular weight is 280 g/mol. The number of anilines is 1. The number of halogens is 1. The maximum Gasteiger partial charge on any atom is 0.195 e. The second-order valence-electron chi connectivity index (χ2n) is 3.54. The van der Waals surface area contributed by atoms with Crippen molar-refractivity contribution >= 4 is 38.6 Å². The summed E-state index contributed by atoms with van der Waals surface area (Å²) in [6.07, 6.45) is 0. The van der Waals surface area contributed by atoms with Crippen LogP contribution in [0.25, 0.3) is 11.0 Å². The molecule has 0 amide bonds. The van der Waals surface area contributed by atoms with Gasteiger partial charge in [0.05, 0.1) is 17.6 Å². The summed E-state index contributed by atoms with van der Waals surface area (Å²) in [4.78, 5) is 11.7. The summed E-state index contributed by atoms with van der Waals surface area (Å²) in [5.74, 6) is 0.831. The zero-order valence-corrected chi connectivity index (χ0v) is 10.0. The Hall–Kier alpha value is -1.56. The van der Waals surface area contributed by atoms with Gasteiger partial charge in [0, 0.05) is 12.2 Å². The van der Waals surface area contributed by atoms with E-state index in [0.717, 1.165) is 40.5 Å². The van der Waals surface area contributed by atoms with E-state index in [-0.39, 0.29) is 0 Å². The van der Waals surface area contributed by atoms with E-state index in [9.17, 15) is 0 Å². The topological polar surface area (TPSA) is 65.1 Å². The fourth-order valence-electron chi connectivity index (χ4n) is 1.67. The van der Waals surface area contributed by atoms with Crippen molar-refractivity contribution in [3.05, 3.63) is 22.9 Å². The number of aromatic amines is 1. The molecule has 0 radical (unpaired) electrons. The van der Waals surface area contributed by atoms with Crippen LogP contribution >= 0.6 is 15.9 Å². The lowest BCUT2D eigenvalue weighted by atomic mass is 10.3. The van der Waals surface area contributed by atoms with Crippen molar-refractivity contribution in [2.75, 3.05) is 18.4 Å². The standard InChI is InChI=1S/C10H10BrN5/c11-9-15-7-2-1-6(5-8(7)16-9)14-10-12-3-4-13-10/h1-2,5H,3-4H2,(H,15,16)(H2,12,13,14). The Labute approximate surface area is 100 Å². The zero-order valence-electron chi connectivity index (χ0n) is 8.42. The van der Waals surface area contributed by atoms with Crippen LogP contribution in [0.5, 0.6) is 0 Å². The number of hydrogen-bond donors (Lipinski definition) is 3. The van der Waals surface area contributed by atoms with Crippen LogP contribution in [0, 0.1) is 0 Å². The Morgan fingerprint density at radius 2 is 2.31 bits per heavy atom. The molecule has 1 aliphatic heterocycles. The summed E-state index contributed by atoms with van der Waals surface area (Å²) in [5.41, 5.74) is 2.94. The molecule has 16 heavy (non-hydrogen) atoms. The van der Waals surface area contributed by atoms with Crippen molar-refractivity contribution in [2.45, 2.75) is 0 Å². The van der Waals surface area contributed by atoms with Gasteiger partial charge in [-0.1, -0.05) is 0 Å². The molecule has 0 saturated carbocycles. The van der Waals surface area contributed by atoms with Crippen molar-refractivity contribution in [3.8, 4) is 0 Å². The number of benzene rings is 1. The number of imidazole rings is 1. The van der Waals surface area contributed by atoms with Gasteiger partial charge in [-0.2, -0.15) is 0 Å². The molecule has 0 aliphatic carbocycles. The molecule has 6 heteroatoms. The molecule has 0 unspecified atom stereocenters. The van der Waals surface area contributed by atoms with E-state index in [1.807, 2.05) is 18.2 Å². The number of hydrogen-bond acceptors (Lipinski definition) is 4. The van der Waals surface area contributed by atoms with Crippen molar-refractivity contribution in [3.63, 3.8) is 0 Å². The first-order chi connectivity index (χ1) is 7.81. The number of H-pyrrole nitrogens is 1. The van der Waals surface area contributed by atoms with Crippen molar-refractivity contribution in [1.29, 1.82) is 0 Å². The highest BCUT2D eigenvalue weighted by molar-refractivity contribution is 9.10. The van der Waals surface area contributed by atoms with Gasteiger partial charge < -0.3 is 15.6 Å². The zero-order chi connectivity index (χ0) is 11.0. The predicted molar refractivity (Wildman–Crippen MR) is 67.7 cm³/mol. The lowest BCUT2D eigenvalue weighted by molar-refractivity contribution is 0.959. The van der Waals surface area contributed by atoms with E-state index in [1.165, 1.54) is 0 Å². The first-order valence-electron chi connectivity index (χ1n) is 5.02. The first-order valence-corrected chi connectivity index (χ1v) is 5.81. The highest BCUT2D eigenvalue weighted by Gasteiger charge is 2.06. The number of nitrogens with one attached hydrogen (secondary N) is 3. The monoisotopic (exact) mass is 279 g/mol. The number of aliphatic imine (C=N–C) groups is 1. The van der Waals surface area contributed by atoms with Crippen LogP contribution in [-0.4, -0.2) is 29.0 Å². The molecule has 5 nitrogen and oxygen atoms in total. The second-order valence-corrected chi connectivity index (χ2v) is 4.29. The van der Waals surface area contributed by atoms with Crippen molar-refractivity contribution in [2.24, 2.45) is 4.99 Å². The third-order valence-corrected chi connectivity index (χ3v) is 2.77. The average Bonchev–Trinajstić information content (AvgIpc) is 2.85. The Morgan fingerprint density at radius 3 is 3.12 bits per heavy atom. The van der Waals surface area contributed by atoms with Crippen LogP contribution in [0.2, 0.25) is 0 Å². The van der Waals surface area contributed by atoms with Gasteiger partial charge in [0.1, 0.15) is 0 Å². The van der Waals surface area contributed by atoms with Crippen LogP contribution in [0.15, 0.2) is 27.9 Å². The summed E-state index contributed by atoms with van der Waals surface area (Å²) in [7, 11) is 0. The minimum absolute atomic E-state index is 0.746. The van der Waals surface area contributed by atoms with Gasteiger partial charge in [-0.15, -0.1) is 0 Å². The molecule has 82 valence electrons. The highest BCUT2D eigenvalue weighted by atomic mass is 79.9. The minimum atomic E-state index is 0.746. The molecule has 0 bridgehead atoms. The molecule has 1 aromatic carbocycles. The van der Waals surface area contributed by atoms with E-state index in [0.29, 0.717) is 0 Å². The number of aromatic nitrogens is 2. The predicted octanol–water partition coefficient (Wildman–Crippen LogP) is 1.70. The van der Waals surface area contributed by atoms with Gasteiger partial charge in [0.15, 0.2) is 10.7 Å². The molecule has 0 atom stereocenters. The molecule has 0 fully saturated rings. The van der Waals surface area contributed by atoms with E-state index in [2.05, 4.69) is 41.5 Å².